The highest BCUT2D eigenvalue weighted by molar-refractivity contribution is 5.77. The highest BCUT2D eigenvalue weighted by atomic mass is 16.5. The van der Waals surface area contributed by atoms with Gasteiger partial charge in [0.15, 0.2) is 6.61 Å². The number of hydrogen-bond acceptors (Lipinski definition) is 3. The zero-order valence-electron chi connectivity index (χ0n) is 17.3. The number of para-hydroxylation sites is 1. The average Bonchev–Trinajstić information content (AvgIpc) is 3.31. The maximum absolute atomic E-state index is 12.4. The van der Waals surface area contributed by atoms with Crippen molar-refractivity contribution in [2.75, 3.05) is 6.61 Å². The molecule has 0 atom stereocenters. The summed E-state index contributed by atoms with van der Waals surface area (Å²) < 4.78 is 7.70. The summed E-state index contributed by atoms with van der Waals surface area (Å²) in [5.74, 6) is 0.592. The molecule has 1 N–H and O–H groups in total. The fourth-order valence-corrected chi connectivity index (χ4v) is 3.42. The third-order valence-electron chi connectivity index (χ3n) is 4.95. The number of carbonyl (C=O) groups is 1. The molecule has 0 unspecified atom stereocenters. The molecule has 0 aliphatic rings. The van der Waals surface area contributed by atoms with Crippen molar-refractivity contribution < 1.29 is 9.53 Å². The number of ether oxygens (including phenoxy) is 1. The van der Waals surface area contributed by atoms with Gasteiger partial charge in [-0.2, -0.15) is 5.10 Å². The molecule has 0 fully saturated rings. The van der Waals surface area contributed by atoms with Crippen LogP contribution in [0.15, 0.2) is 97.3 Å². The highest BCUT2D eigenvalue weighted by Gasteiger charge is 2.08. The molecule has 5 heteroatoms. The Hall–Kier alpha value is -3.86. The number of nitrogens with one attached hydrogen (secondary N) is 1. The largest absolute Gasteiger partial charge is 0.483 e. The Balaban J connectivity index is 1.29. The summed E-state index contributed by atoms with van der Waals surface area (Å²) in [6.45, 7) is 1.15. The molecule has 156 valence electrons. The van der Waals surface area contributed by atoms with Crippen molar-refractivity contribution in [3.63, 3.8) is 0 Å². The van der Waals surface area contributed by atoms with Crippen LogP contribution in [0.3, 0.4) is 0 Å². The predicted octanol–water partition coefficient (Wildman–Crippen LogP) is 4.22. The SMILES string of the molecule is O=C(COc1ccccc1Cc1ccccc1)NCc1cccc(Cn2cccn2)c1. The summed E-state index contributed by atoms with van der Waals surface area (Å²) in [5, 5.41) is 7.17. The first-order valence-electron chi connectivity index (χ1n) is 10.3. The van der Waals surface area contributed by atoms with Crippen molar-refractivity contribution in [3.05, 3.63) is 120 Å². The Kier molecular flexibility index (Phi) is 6.75. The molecular formula is C26H25N3O2. The van der Waals surface area contributed by atoms with Crippen LogP contribution in [-0.4, -0.2) is 22.3 Å². The second kappa shape index (κ2) is 10.3. The van der Waals surface area contributed by atoms with Gasteiger partial charge < -0.3 is 10.1 Å². The van der Waals surface area contributed by atoms with Gasteiger partial charge in [-0.15, -0.1) is 0 Å². The maximum atomic E-state index is 12.4. The van der Waals surface area contributed by atoms with Gasteiger partial charge in [-0.1, -0.05) is 72.8 Å². The van der Waals surface area contributed by atoms with Gasteiger partial charge in [-0.3, -0.25) is 9.48 Å². The van der Waals surface area contributed by atoms with Crippen molar-refractivity contribution in [3.8, 4) is 5.75 Å². The number of amides is 1. The van der Waals surface area contributed by atoms with Crippen molar-refractivity contribution in [1.82, 2.24) is 15.1 Å². The zero-order valence-corrected chi connectivity index (χ0v) is 17.3. The lowest BCUT2D eigenvalue weighted by Crippen LogP contribution is -2.28. The van der Waals surface area contributed by atoms with Crippen LogP contribution in [0.1, 0.15) is 22.3 Å². The van der Waals surface area contributed by atoms with E-state index in [1.807, 2.05) is 71.5 Å². The minimum atomic E-state index is -0.146. The maximum Gasteiger partial charge on any atom is 0.258 e. The fraction of sp³-hybridized carbons (Fsp3) is 0.154. The number of nitrogens with zero attached hydrogens (tertiary/aromatic N) is 2. The fourth-order valence-electron chi connectivity index (χ4n) is 3.42. The van der Waals surface area contributed by atoms with E-state index >= 15 is 0 Å². The molecule has 3 aromatic carbocycles. The van der Waals surface area contributed by atoms with E-state index in [1.54, 1.807) is 6.20 Å². The minimum absolute atomic E-state index is 0.0151. The lowest BCUT2D eigenvalue weighted by molar-refractivity contribution is -0.123. The molecule has 1 heterocycles. The van der Waals surface area contributed by atoms with E-state index in [2.05, 4.69) is 34.7 Å². The summed E-state index contributed by atoms with van der Waals surface area (Å²) in [7, 11) is 0. The van der Waals surface area contributed by atoms with Crippen LogP contribution in [0.4, 0.5) is 0 Å². The van der Waals surface area contributed by atoms with Crippen LogP contribution < -0.4 is 10.1 Å². The minimum Gasteiger partial charge on any atom is -0.483 e. The smallest absolute Gasteiger partial charge is 0.258 e. The number of rotatable bonds is 9. The Morgan fingerprint density at radius 1 is 0.871 bits per heavy atom. The number of aromatic nitrogens is 2. The van der Waals surface area contributed by atoms with Crippen LogP contribution in [0.5, 0.6) is 5.75 Å². The molecular weight excluding hydrogens is 386 g/mol. The molecule has 0 spiro atoms. The monoisotopic (exact) mass is 411 g/mol. The quantitative estimate of drug-likeness (QED) is 0.449. The Labute approximate surface area is 182 Å². The summed E-state index contributed by atoms with van der Waals surface area (Å²) >= 11 is 0. The third-order valence-corrected chi connectivity index (χ3v) is 4.95. The average molecular weight is 412 g/mol. The van der Waals surface area contributed by atoms with Gasteiger partial charge in [0.1, 0.15) is 5.75 Å². The van der Waals surface area contributed by atoms with Crippen molar-refractivity contribution in [2.45, 2.75) is 19.5 Å². The van der Waals surface area contributed by atoms with Gasteiger partial charge in [-0.05, 0) is 34.4 Å². The normalized spacial score (nSPS) is 10.6. The second-order valence-electron chi connectivity index (χ2n) is 7.36. The van der Waals surface area contributed by atoms with E-state index in [4.69, 9.17) is 4.74 Å². The first kappa shape index (κ1) is 20.4. The van der Waals surface area contributed by atoms with Gasteiger partial charge in [0.25, 0.3) is 5.91 Å². The van der Waals surface area contributed by atoms with Gasteiger partial charge >= 0.3 is 0 Å². The number of benzene rings is 3. The Morgan fingerprint density at radius 3 is 2.48 bits per heavy atom. The van der Waals surface area contributed by atoms with E-state index in [0.717, 1.165) is 28.9 Å². The lowest BCUT2D eigenvalue weighted by Gasteiger charge is -2.12. The highest BCUT2D eigenvalue weighted by Crippen LogP contribution is 2.21. The molecule has 0 aliphatic heterocycles. The second-order valence-corrected chi connectivity index (χ2v) is 7.36. The lowest BCUT2D eigenvalue weighted by atomic mass is 10.0. The van der Waals surface area contributed by atoms with Crippen molar-refractivity contribution in [1.29, 1.82) is 0 Å². The number of carbonyl (C=O) groups excluding carboxylic acids is 1. The first-order chi connectivity index (χ1) is 15.3. The summed E-state index contributed by atoms with van der Waals surface area (Å²) in [6, 6.07) is 28.1. The van der Waals surface area contributed by atoms with Gasteiger partial charge in [0.2, 0.25) is 0 Å². The summed E-state index contributed by atoms with van der Waals surface area (Å²) in [5.41, 5.74) is 4.45. The first-order valence-corrected chi connectivity index (χ1v) is 10.3. The molecule has 1 aromatic heterocycles. The van der Waals surface area contributed by atoms with Gasteiger partial charge in [-0.25, -0.2) is 0 Å². The van der Waals surface area contributed by atoms with E-state index in [-0.39, 0.29) is 12.5 Å². The van der Waals surface area contributed by atoms with Crippen molar-refractivity contribution in [2.24, 2.45) is 0 Å². The molecule has 5 nitrogen and oxygen atoms in total. The number of hydrogen-bond donors (Lipinski definition) is 1. The van der Waals surface area contributed by atoms with E-state index in [1.165, 1.54) is 5.56 Å². The molecule has 0 saturated heterocycles. The summed E-state index contributed by atoms with van der Waals surface area (Å²) in [6.07, 6.45) is 4.46. The van der Waals surface area contributed by atoms with E-state index in [0.29, 0.717) is 13.1 Å². The molecule has 0 saturated carbocycles. The third kappa shape index (κ3) is 6.06. The molecule has 0 aliphatic carbocycles. The van der Waals surface area contributed by atoms with E-state index < -0.39 is 0 Å². The Bertz CT molecular complexity index is 1110. The van der Waals surface area contributed by atoms with Crippen molar-refractivity contribution >= 4 is 5.91 Å². The summed E-state index contributed by atoms with van der Waals surface area (Å²) in [4.78, 5) is 12.4. The zero-order chi connectivity index (χ0) is 21.3. The Morgan fingerprint density at radius 2 is 1.65 bits per heavy atom. The van der Waals surface area contributed by atoms with Crippen LogP contribution in [0.25, 0.3) is 0 Å². The predicted molar refractivity (Wildman–Crippen MR) is 121 cm³/mol. The van der Waals surface area contributed by atoms with Crippen LogP contribution in [0.2, 0.25) is 0 Å². The standard InChI is InChI=1S/C26H25N3O2/c30-26(27-18-22-10-6-11-23(16-22)19-29-15-7-14-28-29)20-31-25-13-5-4-12-24(25)17-21-8-2-1-3-9-21/h1-16H,17-20H2,(H,27,30). The molecule has 4 aromatic rings. The molecule has 0 bridgehead atoms. The van der Waals surface area contributed by atoms with E-state index in [9.17, 15) is 4.79 Å². The molecule has 1 amide bonds. The molecule has 31 heavy (non-hydrogen) atoms. The van der Waals surface area contributed by atoms with Gasteiger partial charge in [0.05, 0.1) is 6.54 Å². The van der Waals surface area contributed by atoms with Crippen LogP contribution >= 0.6 is 0 Å². The van der Waals surface area contributed by atoms with Crippen LogP contribution in [-0.2, 0) is 24.3 Å². The van der Waals surface area contributed by atoms with Crippen LogP contribution in [0, 0.1) is 0 Å². The van der Waals surface area contributed by atoms with Gasteiger partial charge in [0, 0.05) is 25.4 Å². The molecule has 0 radical (unpaired) electrons. The molecule has 4 rings (SSSR count). The topological polar surface area (TPSA) is 56.1 Å².